The van der Waals surface area contributed by atoms with Gasteiger partial charge in [-0.05, 0) is 48.4 Å². The Morgan fingerprint density at radius 2 is 1.95 bits per heavy atom. The van der Waals surface area contributed by atoms with Gasteiger partial charge in [0, 0.05) is 23.2 Å². The quantitative estimate of drug-likeness (QED) is 0.244. The van der Waals surface area contributed by atoms with E-state index >= 15 is 0 Å². The van der Waals surface area contributed by atoms with Crippen molar-refractivity contribution in [2.75, 3.05) is 17.2 Å². The van der Waals surface area contributed by atoms with Gasteiger partial charge in [-0.3, -0.25) is 4.98 Å². The van der Waals surface area contributed by atoms with E-state index in [1.165, 1.54) is 4.68 Å². The molecule has 2 aromatic carbocycles. The zero-order chi connectivity index (χ0) is 27.9. The molecule has 7 nitrogen and oxygen atoms in total. The molecule has 10 heteroatoms. The van der Waals surface area contributed by atoms with Crippen molar-refractivity contribution in [1.82, 2.24) is 20.0 Å². The van der Waals surface area contributed by atoms with Crippen molar-refractivity contribution in [3.05, 3.63) is 76.2 Å². The van der Waals surface area contributed by atoms with Crippen LogP contribution in [-0.2, 0) is 5.54 Å². The zero-order valence-corrected chi connectivity index (χ0v) is 23.0. The van der Waals surface area contributed by atoms with Crippen molar-refractivity contribution in [2.45, 2.75) is 58.5 Å². The van der Waals surface area contributed by atoms with Crippen LogP contribution in [0.15, 0.2) is 48.8 Å². The van der Waals surface area contributed by atoms with E-state index in [9.17, 15) is 14.0 Å². The minimum absolute atomic E-state index is 0.0269. The van der Waals surface area contributed by atoms with Crippen LogP contribution in [0.2, 0.25) is 5.02 Å². The van der Waals surface area contributed by atoms with Crippen LogP contribution in [0.25, 0.3) is 10.9 Å². The first kappa shape index (κ1) is 26.8. The van der Waals surface area contributed by atoms with E-state index in [1.807, 2.05) is 31.2 Å². The number of fused-ring (bicyclic) bond motifs is 1. The number of alkyl halides is 2. The molecule has 39 heavy (non-hydrogen) atoms. The van der Waals surface area contributed by atoms with Crippen molar-refractivity contribution in [1.29, 1.82) is 5.26 Å². The highest BCUT2D eigenvalue weighted by molar-refractivity contribution is 6.32. The molecule has 1 aliphatic carbocycles. The summed E-state index contributed by atoms with van der Waals surface area (Å²) in [5, 5.41) is 26.3. The number of rotatable bonds is 8. The molecule has 1 aliphatic rings. The van der Waals surface area contributed by atoms with Gasteiger partial charge in [0.25, 0.3) is 6.43 Å². The Kier molecular flexibility index (Phi) is 6.93. The minimum Gasteiger partial charge on any atom is -0.383 e. The van der Waals surface area contributed by atoms with Gasteiger partial charge in [0.2, 0.25) is 0 Å². The van der Waals surface area contributed by atoms with Gasteiger partial charge in [-0.1, -0.05) is 61.9 Å². The molecule has 2 heterocycles. The molecule has 0 bridgehead atoms. The molecular weight excluding hydrogens is 520 g/mol. The van der Waals surface area contributed by atoms with Crippen LogP contribution in [0, 0.1) is 23.7 Å². The van der Waals surface area contributed by atoms with Crippen LogP contribution in [-0.4, -0.2) is 32.9 Å². The van der Waals surface area contributed by atoms with Gasteiger partial charge in [0.15, 0.2) is 0 Å². The summed E-state index contributed by atoms with van der Waals surface area (Å²) in [5.74, 6) is 0. The molecule has 1 saturated carbocycles. The highest BCUT2D eigenvalue weighted by atomic mass is 35.5. The number of nitriles is 1. The molecule has 2 aromatic heterocycles. The number of benzene rings is 2. The van der Waals surface area contributed by atoms with E-state index in [4.69, 9.17) is 11.6 Å². The van der Waals surface area contributed by atoms with Gasteiger partial charge in [-0.15, -0.1) is 5.10 Å². The van der Waals surface area contributed by atoms with Gasteiger partial charge in [0.1, 0.15) is 17.3 Å². The third kappa shape index (κ3) is 5.26. The van der Waals surface area contributed by atoms with Gasteiger partial charge in [0.05, 0.1) is 34.7 Å². The predicted molar refractivity (Wildman–Crippen MR) is 149 cm³/mol. The summed E-state index contributed by atoms with van der Waals surface area (Å²) in [4.78, 5) is 4.61. The van der Waals surface area contributed by atoms with Crippen molar-refractivity contribution in [3.63, 3.8) is 0 Å². The van der Waals surface area contributed by atoms with Crippen molar-refractivity contribution in [3.8, 4) is 6.07 Å². The minimum atomic E-state index is -2.52. The molecule has 5 rings (SSSR count). The summed E-state index contributed by atoms with van der Waals surface area (Å²) in [6, 6.07) is 13.1. The Labute approximate surface area is 231 Å². The number of nitrogens with one attached hydrogen (secondary N) is 2. The van der Waals surface area contributed by atoms with Crippen LogP contribution >= 0.6 is 11.6 Å². The Morgan fingerprint density at radius 1 is 1.21 bits per heavy atom. The topological polar surface area (TPSA) is 91.4 Å². The Balaban J connectivity index is 1.62. The number of aromatic nitrogens is 4. The molecule has 0 radical (unpaired) electrons. The molecule has 4 aromatic rings. The van der Waals surface area contributed by atoms with Crippen LogP contribution in [0.5, 0.6) is 0 Å². The van der Waals surface area contributed by atoms with Gasteiger partial charge >= 0.3 is 0 Å². The van der Waals surface area contributed by atoms with Crippen LogP contribution in [0.4, 0.5) is 20.2 Å². The molecule has 1 fully saturated rings. The lowest BCUT2D eigenvalue weighted by molar-refractivity contribution is 0.0593. The predicted octanol–water partition coefficient (Wildman–Crippen LogP) is 7.07. The maximum Gasteiger partial charge on any atom is 0.263 e. The summed E-state index contributed by atoms with van der Waals surface area (Å²) in [5.41, 5.74) is 3.43. The van der Waals surface area contributed by atoms with Gasteiger partial charge in [-0.25, -0.2) is 13.5 Å². The summed E-state index contributed by atoms with van der Waals surface area (Å²) >= 11 is 6.60. The fourth-order valence-corrected chi connectivity index (χ4v) is 4.90. The molecular formula is C29H30ClF2N7. The fraction of sp³-hybridized carbons (Fsp3) is 0.379. The van der Waals surface area contributed by atoms with Crippen molar-refractivity contribution in [2.24, 2.45) is 5.41 Å². The number of anilines is 2. The smallest absolute Gasteiger partial charge is 0.263 e. The average molecular weight is 550 g/mol. The highest BCUT2D eigenvalue weighted by Gasteiger charge is 2.54. The van der Waals surface area contributed by atoms with Gasteiger partial charge in [-0.2, -0.15) is 5.26 Å². The van der Waals surface area contributed by atoms with E-state index in [-0.39, 0.29) is 5.41 Å². The first-order valence-electron chi connectivity index (χ1n) is 12.8. The van der Waals surface area contributed by atoms with E-state index in [0.717, 1.165) is 11.1 Å². The first-order valence-corrected chi connectivity index (χ1v) is 13.2. The lowest BCUT2D eigenvalue weighted by Gasteiger charge is -2.23. The van der Waals surface area contributed by atoms with Crippen LogP contribution < -0.4 is 10.6 Å². The number of pyridine rings is 1. The van der Waals surface area contributed by atoms with Crippen LogP contribution in [0.3, 0.4) is 0 Å². The molecule has 0 amide bonds. The number of aryl methyl sites for hydroxylation is 1. The molecule has 0 spiro atoms. The molecule has 0 aliphatic heterocycles. The monoisotopic (exact) mass is 549 g/mol. The molecule has 202 valence electrons. The second-order valence-corrected chi connectivity index (χ2v) is 11.8. The Morgan fingerprint density at radius 3 is 2.59 bits per heavy atom. The third-order valence-corrected chi connectivity index (χ3v) is 7.30. The number of hydrogen-bond acceptors (Lipinski definition) is 6. The normalized spacial score (nSPS) is 15.3. The third-order valence-electron chi connectivity index (χ3n) is 7.08. The number of halogens is 3. The average Bonchev–Trinajstić information content (AvgIpc) is 3.56. The molecule has 1 atom stereocenters. The van der Waals surface area contributed by atoms with E-state index in [0.29, 0.717) is 57.9 Å². The second kappa shape index (κ2) is 10.1. The largest absolute Gasteiger partial charge is 0.383 e. The van der Waals surface area contributed by atoms with E-state index < -0.39 is 18.0 Å². The second-order valence-electron chi connectivity index (χ2n) is 11.3. The van der Waals surface area contributed by atoms with Crippen LogP contribution in [0.1, 0.15) is 62.0 Å². The Hall–Kier alpha value is -3.77. The lowest BCUT2D eigenvalue weighted by Crippen LogP contribution is -2.26. The van der Waals surface area contributed by atoms with Crippen molar-refractivity contribution < 1.29 is 8.78 Å². The SMILES string of the molecule is Cc1ccccc1[C@H](Nc1cc(Cl)cc2c(NCC(C)(C)C)c(C#N)cnc12)c1cn(C2(C(F)F)CC2)nn1. The molecule has 2 N–H and O–H groups in total. The zero-order valence-electron chi connectivity index (χ0n) is 22.3. The molecule has 0 saturated heterocycles. The lowest BCUT2D eigenvalue weighted by atomic mass is 9.96. The summed E-state index contributed by atoms with van der Waals surface area (Å²) in [6.45, 7) is 8.94. The fourth-order valence-electron chi connectivity index (χ4n) is 4.69. The van der Waals surface area contributed by atoms with Crippen molar-refractivity contribution >= 4 is 33.9 Å². The molecule has 0 unspecified atom stereocenters. The maximum atomic E-state index is 13.8. The number of nitrogens with zero attached hydrogens (tertiary/aromatic N) is 5. The maximum absolute atomic E-state index is 13.8. The number of hydrogen-bond donors (Lipinski definition) is 2. The Bertz CT molecular complexity index is 1560. The summed E-state index contributed by atoms with van der Waals surface area (Å²) in [6.07, 6.45) is 1.36. The summed E-state index contributed by atoms with van der Waals surface area (Å²) < 4.78 is 28.9. The van der Waals surface area contributed by atoms with E-state index in [1.54, 1.807) is 24.5 Å². The summed E-state index contributed by atoms with van der Waals surface area (Å²) in [7, 11) is 0. The van der Waals surface area contributed by atoms with Gasteiger partial charge < -0.3 is 10.6 Å². The highest BCUT2D eigenvalue weighted by Crippen LogP contribution is 2.48. The standard InChI is InChI=1S/C29H30ClF2N7/c1-17-7-5-6-8-20(17)26(23-15-39(38-37-23)29(9-10-29)27(31)32)36-22-12-19(30)11-21-24(35-16-28(2,3)4)18(13-33)14-34-25(21)22/h5-8,11-12,14-15,26-27,36H,9-10,16H2,1-4H3,(H,34,35)/t26-/m0/s1. The first-order chi connectivity index (χ1) is 18.5. The van der Waals surface area contributed by atoms with E-state index in [2.05, 4.69) is 52.8 Å².